The Labute approximate surface area is 92.0 Å². The highest BCUT2D eigenvalue weighted by molar-refractivity contribution is 5.25. The number of aromatic nitrogens is 4. The average molecular weight is 218 g/mol. The smallest absolute Gasteiger partial charge is 0.238 e. The van der Waals surface area contributed by atoms with E-state index in [2.05, 4.69) is 19.9 Å². The van der Waals surface area contributed by atoms with Crippen molar-refractivity contribution in [1.82, 2.24) is 19.9 Å². The lowest BCUT2D eigenvalue weighted by molar-refractivity contribution is 0.202. The van der Waals surface area contributed by atoms with E-state index in [1.165, 1.54) is 38.1 Å². The van der Waals surface area contributed by atoms with Crippen LogP contribution >= 0.6 is 0 Å². The molecule has 0 radical (unpaired) electrons. The van der Waals surface area contributed by atoms with Crippen molar-refractivity contribution in [2.24, 2.45) is 0 Å². The van der Waals surface area contributed by atoms with Crippen molar-refractivity contribution in [3.63, 3.8) is 0 Å². The number of methoxy groups -OCH3 is 1. The first-order valence-electron chi connectivity index (χ1n) is 4.62. The number of hydrogen-bond donors (Lipinski definition) is 1. The molecule has 0 aliphatic rings. The molecule has 0 bridgehead atoms. The molecule has 1 atom stereocenters. The number of ether oxygens (including phenoxy) is 1. The maximum Gasteiger partial charge on any atom is 0.238 e. The zero-order chi connectivity index (χ0) is 11.4. The molecule has 6 nitrogen and oxygen atoms in total. The molecule has 0 aromatic carbocycles. The highest BCUT2D eigenvalue weighted by atomic mass is 16.5. The van der Waals surface area contributed by atoms with Crippen molar-refractivity contribution in [3.05, 3.63) is 42.4 Å². The van der Waals surface area contributed by atoms with Gasteiger partial charge in [-0.15, -0.1) is 0 Å². The van der Waals surface area contributed by atoms with Crippen LogP contribution in [0.15, 0.2) is 31.0 Å². The summed E-state index contributed by atoms with van der Waals surface area (Å²) in [6, 6.07) is 0. The van der Waals surface area contributed by atoms with Crippen molar-refractivity contribution in [2.75, 3.05) is 7.11 Å². The second kappa shape index (κ2) is 4.63. The minimum absolute atomic E-state index is 0.278. The van der Waals surface area contributed by atoms with Crippen LogP contribution < -0.4 is 4.74 Å². The van der Waals surface area contributed by atoms with Gasteiger partial charge in [0.15, 0.2) is 0 Å². The van der Waals surface area contributed by atoms with E-state index in [0.29, 0.717) is 11.4 Å². The lowest BCUT2D eigenvalue weighted by Crippen LogP contribution is -2.07. The summed E-state index contributed by atoms with van der Waals surface area (Å²) in [7, 11) is 1.47. The number of hydrogen-bond acceptors (Lipinski definition) is 6. The molecule has 0 aliphatic carbocycles. The quantitative estimate of drug-likeness (QED) is 0.800. The molecule has 1 N–H and O–H groups in total. The molecule has 0 aliphatic heterocycles. The molecule has 0 saturated heterocycles. The van der Waals surface area contributed by atoms with Crippen molar-refractivity contribution >= 4 is 0 Å². The molecule has 0 saturated carbocycles. The van der Waals surface area contributed by atoms with Gasteiger partial charge in [0.05, 0.1) is 19.0 Å². The molecule has 82 valence electrons. The van der Waals surface area contributed by atoms with Gasteiger partial charge in [0, 0.05) is 24.8 Å². The lowest BCUT2D eigenvalue weighted by Gasteiger charge is -2.11. The Hall–Kier alpha value is -2.08. The van der Waals surface area contributed by atoms with E-state index in [4.69, 9.17) is 4.74 Å². The van der Waals surface area contributed by atoms with Gasteiger partial charge in [-0.1, -0.05) is 0 Å². The maximum atomic E-state index is 10.0. The van der Waals surface area contributed by atoms with Crippen LogP contribution in [0.1, 0.15) is 17.5 Å². The zero-order valence-corrected chi connectivity index (χ0v) is 8.61. The van der Waals surface area contributed by atoms with E-state index in [9.17, 15) is 5.11 Å². The molecule has 6 heteroatoms. The monoisotopic (exact) mass is 218 g/mol. The van der Waals surface area contributed by atoms with Gasteiger partial charge >= 0.3 is 0 Å². The van der Waals surface area contributed by atoms with Crippen molar-refractivity contribution in [2.45, 2.75) is 6.10 Å². The van der Waals surface area contributed by atoms with Crippen LogP contribution in [0.2, 0.25) is 0 Å². The second-order valence-electron chi connectivity index (χ2n) is 2.98. The molecule has 0 spiro atoms. The largest absolute Gasteiger partial charge is 0.480 e. The van der Waals surface area contributed by atoms with E-state index in [1.807, 2.05) is 0 Å². The summed E-state index contributed by atoms with van der Waals surface area (Å²) in [4.78, 5) is 15.8. The summed E-state index contributed by atoms with van der Waals surface area (Å²) in [5.74, 6) is 0.278. The van der Waals surface area contributed by atoms with Gasteiger partial charge in [0.1, 0.15) is 11.8 Å². The maximum absolute atomic E-state index is 10.0. The van der Waals surface area contributed by atoms with Gasteiger partial charge in [-0.25, -0.2) is 4.98 Å². The van der Waals surface area contributed by atoms with Crippen LogP contribution in [0.3, 0.4) is 0 Å². The molecule has 2 rings (SSSR count). The number of rotatable bonds is 3. The summed E-state index contributed by atoms with van der Waals surface area (Å²) >= 11 is 0. The van der Waals surface area contributed by atoms with Gasteiger partial charge in [-0.3, -0.25) is 15.0 Å². The first-order chi connectivity index (χ1) is 7.83. The highest BCUT2D eigenvalue weighted by Gasteiger charge is 2.18. The summed E-state index contributed by atoms with van der Waals surface area (Å²) < 4.78 is 5.01. The van der Waals surface area contributed by atoms with Crippen LogP contribution in [-0.2, 0) is 0 Å². The van der Waals surface area contributed by atoms with Crippen LogP contribution in [0, 0.1) is 0 Å². The molecule has 0 fully saturated rings. The molecule has 1 unspecified atom stereocenters. The number of aliphatic hydroxyl groups is 1. The standard InChI is InChI=1S/C10H10N4O2/c1-16-10-8(13-4-5-14-10)9(15)7-6-11-2-3-12-7/h2-6,9,15H,1H3. The van der Waals surface area contributed by atoms with E-state index in [1.54, 1.807) is 0 Å². The third-order valence-electron chi connectivity index (χ3n) is 2.01. The Morgan fingerprint density at radius 3 is 2.56 bits per heavy atom. The molecule has 0 amide bonds. The number of nitrogens with zero attached hydrogens (tertiary/aromatic N) is 4. The van der Waals surface area contributed by atoms with Crippen LogP contribution in [0.4, 0.5) is 0 Å². The Balaban J connectivity index is 2.37. The van der Waals surface area contributed by atoms with Crippen molar-refractivity contribution in [3.8, 4) is 5.88 Å². The van der Waals surface area contributed by atoms with Crippen LogP contribution in [-0.4, -0.2) is 32.2 Å². The first kappa shape index (κ1) is 10.4. The van der Waals surface area contributed by atoms with Crippen molar-refractivity contribution in [1.29, 1.82) is 0 Å². The summed E-state index contributed by atoms with van der Waals surface area (Å²) in [6.45, 7) is 0. The van der Waals surface area contributed by atoms with E-state index < -0.39 is 6.10 Å². The molecular formula is C10H10N4O2. The molecule has 2 aromatic heterocycles. The molecular weight excluding hydrogens is 208 g/mol. The third-order valence-corrected chi connectivity index (χ3v) is 2.01. The predicted octanol–water partition coefficient (Wildman–Crippen LogP) is 0.357. The van der Waals surface area contributed by atoms with Crippen LogP contribution in [0.5, 0.6) is 5.88 Å². The highest BCUT2D eigenvalue weighted by Crippen LogP contribution is 2.23. The van der Waals surface area contributed by atoms with Gasteiger partial charge in [0.2, 0.25) is 5.88 Å². The third kappa shape index (κ3) is 1.96. The Morgan fingerprint density at radius 2 is 1.88 bits per heavy atom. The fourth-order valence-corrected chi connectivity index (χ4v) is 1.27. The Bertz CT molecular complexity index is 463. The van der Waals surface area contributed by atoms with Gasteiger partial charge in [-0.2, -0.15) is 0 Å². The Kier molecular flexibility index (Phi) is 3.02. The van der Waals surface area contributed by atoms with Crippen molar-refractivity contribution < 1.29 is 9.84 Å². The Morgan fingerprint density at radius 1 is 1.12 bits per heavy atom. The second-order valence-corrected chi connectivity index (χ2v) is 2.98. The topological polar surface area (TPSA) is 81.0 Å². The summed E-state index contributed by atoms with van der Waals surface area (Å²) in [5.41, 5.74) is 0.729. The average Bonchev–Trinajstić information content (AvgIpc) is 2.39. The van der Waals surface area contributed by atoms with Crippen LogP contribution in [0.25, 0.3) is 0 Å². The fourth-order valence-electron chi connectivity index (χ4n) is 1.27. The number of aliphatic hydroxyl groups excluding tert-OH is 1. The van der Waals surface area contributed by atoms with Gasteiger partial charge < -0.3 is 9.84 Å². The molecule has 16 heavy (non-hydrogen) atoms. The van der Waals surface area contributed by atoms with E-state index >= 15 is 0 Å². The lowest BCUT2D eigenvalue weighted by atomic mass is 10.2. The van der Waals surface area contributed by atoms with E-state index in [-0.39, 0.29) is 5.88 Å². The van der Waals surface area contributed by atoms with Gasteiger partial charge in [-0.05, 0) is 0 Å². The summed E-state index contributed by atoms with van der Waals surface area (Å²) in [5, 5.41) is 10.0. The molecule has 2 aromatic rings. The fraction of sp³-hybridized carbons (Fsp3) is 0.200. The normalized spacial score (nSPS) is 12.1. The zero-order valence-electron chi connectivity index (χ0n) is 8.61. The minimum atomic E-state index is -0.989. The first-order valence-corrected chi connectivity index (χ1v) is 4.62. The van der Waals surface area contributed by atoms with Gasteiger partial charge in [0.25, 0.3) is 0 Å². The molecule has 2 heterocycles. The van der Waals surface area contributed by atoms with E-state index in [0.717, 1.165) is 0 Å². The SMILES string of the molecule is COc1nccnc1C(O)c1cnccn1. The predicted molar refractivity (Wildman–Crippen MR) is 54.7 cm³/mol. The minimum Gasteiger partial charge on any atom is -0.480 e. The summed E-state index contributed by atoms with van der Waals surface area (Å²) in [6.07, 6.45) is 6.49.